The van der Waals surface area contributed by atoms with Gasteiger partial charge in [-0.3, -0.25) is 4.90 Å². The minimum Gasteiger partial charge on any atom is -0.497 e. The van der Waals surface area contributed by atoms with Crippen LogP contribution in [0.15, 0.2) is 18.2 Å². The smallest absolute Gasteiger partial charge is 0.121 e. The second-order valence-corrected chi connectivity index (χ2v) is 4.92. The monoisotopic (exact) mass is 250 g/mol. The van der Waals surface area contributed by atoms with Gasteiger partial charge in [-0.2, -0.15) is 0 Å². The minimum absolute atomic E-state index is 0.236. The Morgan fingerprint density at radius 2 is 2.22 bits per heavy atom. The number of aliphatic hydroxyl groups is 1. The fourth-order valence-electron chi connectivity index (χ4n) is 2.60. The maximum absolute atomic E-state index is 9.40. The summed E-state index contributed by atoms with van der Waals surface area (Å²) < 4.78 is 5.23. The van der Waals surface area contributed by atoms with Crippen molar-refractivity contribution in [3.05, 3.63) is 23.8 Å². The number of anilines is 1. The van der Waals surface area contributed by atoms with Gasteiger partial charge in [0.05, 0.1) is 13.7 Å². The molecule has 1 aliphatic rings. The van der Waals surface area contributed by atoms with Crippen LogP contribution in [0.1, 0.15) is 24.8 Å². The highest BCUT2D eigenvalue weighted by molar-refractivity contribution is 5.47. The topological polar surface area (TPSA) is 58.7 Å². The Bertz CT molecular complexity index is 395. The van der Waals surface area contributed by atoms with Gasteiger partial charge in [-0.25, -0.2) is 0 Å². The largest absolute Gasteiger partial charge is 0.497 e. The zero-order valence-corrected chi connectivity index (χ0v) is 10.9. The molecule has 1 aromatic rings. The molecule has 0 bridgehead atoms. The first-order chi connectivity index (χ1) is 8.72. The first kappa shape index (κ1) is 13.2. The highest BCUT2D eigenvalue weighted by Gasteiger charge is 2.21. The normalized spacial score (nSPS) is 20.9. The Morgan fingerprint density at radius 3 is 2.94 bits per heavy atom. The first-order valence-electron chi connectivity index (χ1n) is 6.51. The summed E-state index contributed by atoms with van der Waals surface area (Å²) in [5.74, 6) is 0.794. The lowest BCUT2D eigenvalue weighted by Gasteiger charge is -2.34. The van der Waals surface area contributed by atoms with Crippen LogP contribution in [-0.2, 0) is 6.54 Å². The number of hydrogen-bond acceptors (Lipinski definition) is 4. The summed E-state index contributed by atoms with van der Waals surface area (Å²) in [6.07, 6.45) is 3.49. The number of nitrogens with two attached hydrogens (primary N) is 1. The van der Waals surface area contributed by atoms with E-state index in [0.29, 0.717) is 0 Å². The van der Waals surface area contributed by atoms with E-state index >= 15 is 0 Å². The molecule has 1 aromatic carbocycles. The van der Waals surface area contributed by atoms with E-state index in [0.717, 1.165) is 36.5 Å². The number of nitrogens with zero attached hydrogens (tertiary/aromatic N) is 1. The molecule has 0 radical (unpaired) electrons. The van der Waals surface area contributed by atoms with Crippen molar-refractivity contribution in [2.45, 2.75) is 31.8 Å². The maximum Gasteiger partial charge on any atom is 0.121 e. The number of benzene rings is 1. The van der Waals surface area contributed by atoms with Crippen LogP contribution in [0.2, 0.25) is 0 Å². The van der Waals surface area contributed by atoms with Crippen LogP contribution >= 0.6 is 0 Å². The van der Waals surface area contributed by atoms with Gasteiger partial charge in [0.2, 0.25) is 0 Å². The molecule has 100 valence electrons. The summed E-state index contributed by atoms with van der Waals surface area (Å²) in [7, 11) is 1.65. The van der Waals surface area contributed by atoms with Crippen molar-refractivity contribution in [2.75, 3.05) is 26.0 Å². The zero-order valence-electron chi connectivity index (χ0n) is 10.9. The SMILES string of the molecule is COc1cc(N)cc(CN2CCCCC2CO)c1. The van der Waals surface area contributed by atoms with Crippen molar-refractivity contribution in [1.82, 2.24) is 4.90 Å². The third-order valence-electron chi connectivity index (χ3n) is 3.57. The highest BCUT2D eigenvalue weighted by atomic mass is 16.5. The molecule has 0 saturated carbocycles. The molecule has 4 nitrogen and oxygen atoms in total. The van der Waals surface area contributed by atoms with Crippen molar-refractivity contribution >= 4 is 5.69 Å². The summed E-state index contributed by atoms with van der Waals surface area (Å²) in [5, 5.41) is 9.40. The van der Waals surface area contributed by atoms with Crippen LogP contribution in [0.3, 0.4) is 0 Å². The fourth-order valence-corrected chi connectivity index (χ4v) is 2.60. The van der Waals surface area contributed by atoms with Gasteiger partial charge in [-0.1, -0.05) is 6.42 Å². The van der Waals surface area contributed by atoms with Crippen molar-refractivity contribution in [3.63, 3.8) is 0 Å². The number of ether oxygens (including phenoxy) is 1. The van der Waals surface area contributed by atoms with Gasteiger partial charge >= 0.3 is 0 Å². The number of methoxy groups -OCH3 is 1. The number of likely N-dealkylation sites (tertiary alicyclic amines) is 1. The van der Waals surface area contributed by atoms with E-state index in [4.69, 9.17) is 10.5 Å². The average molecular weight is 250 g/mol. The zero-order chi connectivity index (χ0) is 13.0. The molecule has 1 aliphatic heterocycles. The summed E-state index contributed by atoms with van der Waals surface area (Å²) in [6.45, 7) is 2.11. The Kier molecular flexibility index (Phi) is 4.44. The summed E-state index contributed by atoms with van der Waals surface area (Å²) in [6, 6.07) is 6.10. The van der Waals surface area contributed by atoms with E-state index in [1.807, 2.05) is 18.2 Å². The Morgan fingerprint density at radius 1 is 1.39 bits per heavy atom. The van der Waals surface area contributed by atoms with Crippen LogP contribution < -0.4 is 10.5 Å². The number of piperidine rings is 1. The molecule has 0 amide bonds. The van der Waals surface area contributed by atoms with Crippen molar-refractivity contribution in [2.24, 2.45) is 0 Å². The van der Waals surface area contributed by atoms with Gasteiger partial charge in [0.1, 0.15) is 5.75 Å². The Balaban J connectivity index is 2.09. The van der Waals surface area contributed by atoms with Crippen molar-refractivity contribution in [3.8, 4) is 5.75 Å². The molecule has 0 aliphatic carbocycles. The molecule has 1 atom stereocenters. The predicted octanol–water partition coefficient (Wildman–Crippen LogP) is 1.62. The van der Waals surface area contributed by atoms with E-state index in [1.165, 1.54) is 12.8 Å². The van der Waals surface area contributed by atoms with Crippen LogP contribution in [-0.4, -0.2) is 36.3 Å². The van der Waals surface area contributed by atoms with E-state index in [1.54, 1.807) is 7.11 Å². The number of nitrogen functional groups attached to an aromatic ring is 1. The van der Waals surface area contributed by atoms with E-state index in [2.05, 4.69) is 4.90 Å². The predicted molar refractivity (Wildman–Crippen MR) is 72.5 cm³/mol. The van der Waals surface area contributed by atoms with E-state index in [9.17, 15) is 5.11 Å². The second-order valence-electron chi connectivity index (χ2n) is 4.92. The average Bonchev–Trinajstić information content (AvgIpc) is 2.38. The molecule has 1 unspecified atom stereocenters. The lowest BCUT2D eigenvalue weighted by atomic mass is 10.0. The van der Waals surface area contributed by atoms with Gasteiger partial charge in [0, 0.05) is 24.3 Å². The lowest BCUT2D eigenvalue weighted by Crippen LogP contribution is -2.41. The molecular weight excluding hydrogens is 228 g/mol. The number of hydrogen-bond donors (Lipinski definition) is 2. The standard InChI is InChI=1S/C14H22N2O2/c1-18-14-7-11(6-12(15)8-14)9-16-5-3-2-4-13(16)10-17/h6-8,13,17H,2-5,9-10,15H2,1H3. The fraction of sp³-hybridized carbons (Fsp3) is 0.571. The van der Waals surface area contributed by atoms with Crippen LogP contribution in [0.4, 0.5) is 5.69 Å². The molecular formula is C14H22N2O2. The second kappa shape index (κ2) is 6.07. The van der Waals surface area contributed by atoms with E-state index in [-0.39, 0.29) is 12.6 Å². The molecule has 3 N–H and O–H groups in total. The first-order valence-corrected chi connectivity index (χ1v) is 6.51. The molecule has 0 spiro atoms. The van der Waals surface area contributed by atoms with Crippen LogP contribution in [0.25, 0.3) is 0 Å². The molecule has 1 fully saturated rings. The van der Waals surface area contributed by atoms with Crippen molar-refractivity contribution < 1.29 is 9.84 Å². The molecule has 1 saturated heterocycles. The lowest BCUT2D eigenvalue weighted by molar-refractivity contribution is 0.0841. The summed E-state index contributed by atoms with van der Waals surface area (Å²) >= 11 is 0. The molecule has 0 aromatic heterocycles. The molecule has 2 rings (SSSR count). The minimum atomic E-state index is 0.236. The Hall–Kier alpha value is -1.26. The summed E-state index contributed by atoms with van der Waals surface area (Å²) in [5.41, 5.74) is 7.73. The molecule has 18 heavy (non-hydrogen) atoms. The number of aliphatic hydroxyl groups excluding tert-OH is 1. The third kappa shape index (κ3) is 3.15. The Labute approximate surface area is 108 Å². The van der Waals surface area contributed by atoms with Gasteiger partial charge in [0.15, 0.2) is 0 Å². The quantitative estimate of drug-likeness (QED) is 0.797. The highest BCUT2D eigenvalue weighted by Crippen LogP contribution is 2.23. The maximum atomic E-state index is 9.40. The van der Waals surface area contributed by atoms with Crippen LogP contribution in [0, 0.1) is 0 Å². The van der Waals surface area contributed by atoms with Crippen LogP contribution in [0.5, 0.6) is 5.75 Å². The third-order valence-corrected chi connectivity index (χ3v) is 3.57. The molecule has 4 heteroatoms. The van der Waals surface area contributed by atoms with Gasteiger partial charge in [-0.05, 0) is 37.1 Å². The molecule has 1 heterocycles. The van der Waals surface area contributed by atoms with Gasteiger partial charge < -0.3 is 15.6 Å². The van der Waals surface area contributed by atoms with Crippen molar-refractivity contribution in [1.29, 1.82) is 0 Å². The van der Waals surface area contributed by atoms with E-state index < -0.39 is 0 Å². The summed E-state index contributed by atoms with van der Waals surface area (Å²) in [4.78, 5) is 2.33. The van der Waals surface area contributed by atoms with Gasteiger partial charge in [-0.15, -0.1) is 0 Å². The number of rotatable bonds is 4. The van der Waals surface area contributed by atoms with Gasteiger partial charge in [0.25, 0.3) is 0 Å².